The number of hydrogen-bond acceptors (Lipinski definition) is 3. The first-order valence-electron chi connectivity index (χ1n) is 10.2. The smallest absolute Gasteiger partial charge is 0.165 e. The third kappa shape index (κ3) is 5.61. The molecule has 3 aromatic rings. The van der Waals surface area contributed by atoms with E-state index < -0.39 is 5.82 Å². The lowest BCUT2D eigenvalue weighted by Crippen LogP contribution is -2.24. The van der Waals surface area contributed by atoms with E-state index in [4.69, 9.17) is 14.2 Å². The Bertz CT molecular complexity index is 967. The van der Waals surface area contributed by atoms with Gasteiger partial charge in [0.2, 0.25) is 0 Å². The average Bonchev–Trinajstić information content (AvgIpc) is 2.72. The van der Waals surface area contributed by atoms with Gasteiger partial charge in [0.05, 0.1) is 19.8 Å². The second-order valence-electron chi connectivity index (χ2n) is 7.97. The van der Waals surface area contributed by atoms with E-state index in [9.17, 15) is 4.39 Å². The molecule has 0 bridgehead atoms. The Kier molecular flexibility index (Phi) is 7.11. The summed E-state index contributed by atoms with van der Waals surface area (Å²) in [5.74, 6) is 1.31. The van der Waals surface area contributed by atoms with Gasteiger partial charge < -0.3 is 14.2 Å². The van der Waals surface area contributed by atoms with E-state index in [1.165, 1.54) is 11.6 Å². The number of halogens is 1. The quantitative estimate of drug-likeness (QED) is 0.389. The number of benzene rings is 3. The molecule has 0 aliphatic heterocycles. The molecule has 0 radical (unpaired) electrons. The van der Waals surface area contributed by atoms with Gasteiger partial charge >= 0.3 is 0 Å². The number of rotatable bonds is 9. The maximum Gasteiger partial charge on any atom is 0.165 e. The summed E-state index contributed by atoms with van der Waals surface area (Å²) in [6, 6.07) is 20.3. The zero-order valence-corrected chi connectivity index (χ0v) is 18.1. The van der Waals surface area contributed by atoms with Gasteiger partial charge in [-0.15, -0.1) is 0 Å². The highest BCUT2D eigenvalue weighted by atomic mass is 19.1. The molecule has 3 rings (SSSR count). The number of hydrogen-bond donors (Lipinski definition) is 0. The van der Waals surface area contributed by atoms with Crippen LogP contribution in [0.5, 0.6) is 17.2 Å². The van der Waals surface area contributed by atoms with Gasteiger partial charge in [0.25, 0.3) is 0 Å². The standard InChI is InChI=1S/C26H29FO3/c1-5-29-24-14-12-21(15-19(24)2)26(3,4)18-28-17-20-11-13-23(27)25(16-20)30-22-9-7-6-8-10-22/h6-16H,5,17-18H2,1-4H3. The SMILES string of the molecule is CCOc1ccc(C(C)(C)COCc2ccc(F)c(Oc3ccccc3)c2)cc1C. The fraction of sp³-hybridized carbons (Fsp3) is 0.308. The van der Waals surface area contributed by atoms with Gasteiger partial charge in [0.1, 0.15) is 11.5 Å². The first-order valence-corrected chi connectivity index (χ1v) is 10.2. The van der Waals surface area contributed by atoms with E-state index in [-0.39, 0.29) is 11.2 Å². The third-order valence-corrected chi connectivity index (χ3v) is 4.95. The van der Waals surface area contributed by atoms with Crippen molar-refractivity contribution in [2.24, 2.45) is 0 Å². The highest BCUT2D eigenvalue weighted by Crippen LogP contribution is 2.29. The van der Waals surface area contributed by atoms with Gasteiger partial charge in [0, 0.05) is 5.41 Å². The molecule has 0 spiro atoms. The van der Waals surface area contributed by atoms with Crippen LogP contribution in [0.4, 0.5) is 4.39 Å². The Morgan fingerprint density at radius 3 is 2.37 bits per heavy atom. The molecule has 0 N–H and O–H groups in total. The van der Waals surface area contributed by atoms with E-state index in [0.717, 1.165) is 16.9 Å². The topological polar surface area (TPSA) is 27.7 Å². The van der Waals surface area contributed by atoms with Gasteiger partial charge in [0.15, 0.2) is 11.6 Å². The van der Waals surface area contributed by atoms with Crippen molar-refractivity contribution in [3.05, 3.63) is 89.2 Å². The molecule has 0 aliphatic carbocycles. The second kappa shape index (κ2) is 9.77. The molecule has 158 valence electrons. The number of aryl methyl sites for hydroxylation is 1. The summed E-state index contributed by atoms with van der Waals surface area (Å²) >= 11 is 0. The van der Waals surface area contributed by atoms with Crippen LogP contribution in [0.3, 0.4) is 0 Å². The van der Waals surface area contributed by atoms with Crippen LogP contribution in [0.15, 0.2) is 66.7 Å². The van der Waals surface area contributed by atoms with Crippen LogP contribution in [-0.2, 0) is 16.8 Å². The minimum absolute atomic E-state index is 0.168. The summed E-state index contributed by atoms with van der Waals surface area (Å²) in [5.41, 5.74) is 3.00. The van der Waals surface area contributed by atoms with Gasteiger partial charge in [-0.2, -0.15) is 0 Å². The summed E-state index contributed by atoms with van der Waals surface area (Å²) in [4.78, 5) is 0. The van der Waals surface area contributed by atoms with E-state index >= 15 is 0 Å². The molecule has 0 saturated heterocycles. The molecule has 4 heteroatoms. The van der Waals surface area contributed by atoms with Crippen LogP contribution in [0, 0.1) is 12.7 Å². The van der Waals surface area contributed by atoms with Crippen molar-refractivity contribution in [3.63, 3.8) is 0 Å². The van der Waals surface area contributed by atoms with Crippen molar-refractivity contribution in [2.45, 2.75) is 39.7 Å². The Balaban J connectivity index is 1.63. The molecule has 0 heterocycles. The molecular weight excluding hydrogens is 379 g/mol. The Labute approximate surface area is 178 Å². The van der Waals surface area contributed by atoms with Gasteiger partial charge in [-0.05, 0) is 60.9 Å². The molecule has 3 nitrogen and oxygen atoms in total. The normalized spacial score (nSPS) is 11.4. The largest absolute Gasteiger partial charge is 0.494 e. The van der Waals surface area contributed by atoms with Crippen molar-refractivity contribution in [1.29, 1.82) is 0 Å². The highest BCUT2D eigenvalue weighted by Gasteiger charge is 2.22. The van der Waals surface area contributed by atoms with Crippen LogP contribution in [0.1, 0.15) is 37.5 Å². The predicted octanol–water partition coefficient (Wildman–Crippen LogP) is 6.82. The molecule has 3 aromatic carbocycles. The summed E-state index contributed by atoms with van der Waals surface area (Å²) in [6.45, 7) is 9.90. The first-order chi connectivity index (χ1) is 14.4. The lowest BCUT2D eigenvalue weighted by atomic mass is 9.84. The Morgan fingerprint density at radius 2 is 1.67 bits per heavy atom. The fourth-order valence-electron chi connectivity index (χ4n) is 3.23. The summed E-state index contributed by atoms with van der Waals surface area (Å²) in [6.07, 6.45) is 0. The molecular formula is C26H29FO3. The lowest BCUT2D eigenvalue weighted by molar-refractivity contribution is 0.0823. The van der Waals surface area contributed by atoms with Crippen molar-refractivity contribution < 1.29 is 18.6 Å². The van der Waals surface area contributed by atoms with Crippen LogP contribution >= 0.6 is 0 Å². The predicted molar refractivity (Wildman–Crippen MR) is 118 cm³/mol. The third-order valence-electron chi connectivity index (χ3n) is 4.95. The summed E-state index contributed by atoms with van der Waals surface area (Å²) in [7, 11) is 0. The zero-order chi connectivity index (χ0) is 21.6. The molecule has 0 aromatic heterocycles. The van der Waals surface area contributed by atoms with Crippen LogP contribution in [0.2, 0.25) is 0 Å². The number of para-hydroxylation sites is 1. The van der Waals surface area contributed by atoms with E-state index in [2.05, 4.69) is 32.9 Å². The molecule has 0 aliphatic rings. The van der Waals surface area contributed by atoms with Crippen LogP contribution in [-0.4, -0.2) is 13.2 Å². The second-order valence-corrected chi connectivity index (χ2v) is 7.97. The first kappa shape index (κ1) is 21.8. The minimum Gasteiger partial charge on any atom is -0.494 e. The van der Waals surface area contributed by atoms with Gasteiger partial charge in [-0.25, -0.2) is 4.39 Å². The Morgan fingerprint density at radius 1 is 0.900 bits per heavy atom. The maximum atomic E-state index is 14.1. The molecule has 0 atom stereocenters. The summed E-state index contributed by atoms with van der Waals surface area (Å²) in [5, 5.41) is 0. The minimum atomic E-state index is -0.396. The van der Waals surface area contributed by atoms with Crippen molar-refractivity contribution in [1.82, 2.24) is 0 Å². The van der Waals surface area contributed by atoms with Crippen molar-refractivity contribution in [3.8, 4) is 17.2 Å². The average molecular weight is 409 g/mol. The lowest BCUT2D eigenvalue weighted by Gasteiger charge is -2.26. The van der Waals surface area contributed by atoms with E-state index in [1.54, 1.807) is 24.3 Å². The van der Waals surface area contributed by atoms with Gasteiger partial charge in [-0.1, -0.05) is 50.2 Å². The van der Waals surface area contributed by atoms with Crippen molar-refractivity contribution in [2.75, 3.05) is 13.2 Å². The molecule has 0 fully saturated rings. The van der Waals surface area contributed by atoms with Crippen molar-refractivity contribution >= 4 is 0 Å². The highest BCUT2D eigenvalue weighted by molar-refractivity contribution is 5.39. The van der Waals surface area contributed by atoms with E-state index in [0.29, 0.717) is 25.6 Å². The van der Waals surface area contributed by atoms with Crippen LogP contribution < -0.4 is 9.47 Å². The maximum absolute atomic E-state index is 14.1. The van der Waals surface area contributed by atoms with E-state index in [1.807, 2.05) is 31.2 Å². The Hall–Kier alpha value is -2.85. The number of ether oxygens (including phenoxy) is 3. The summed E-state index contributed by atoms with van der Waals surface area (Å²) < 4.78 is 31.4. The van der Waals surface area contributed by atoms with Crippen LogP contribution in [0.25, 0.3) is 0 Å². The molecule has 0 unspecified atom stereocenters. The zero-order valence-electron chi connectivity index (χ0n) is 18.1. The molecule has 0 saturated carbocycles. The monoisotopic (exact) mass is 408 g/mol. The molecule has 30 heavy (non-hydrogen) atoms. The van der Waals surface area contributed by atoms with Gasteiger partial charge in [-0.3, -0.25) is 0 Å². The molecule has 0 amide bonds. The fourth-order valence-corrected chi connectivity index (χ4v) is 3.23.